The minimum Gasteiger partial charge on any atom is -0.318 e. The zero-order valence-electron chi connectivity index (χ0n) is 10.5. The SMILES string of the molecule is CNCCn1cc(S(=O)(=O)NCc2ccsc2)cn1. The number of hydrogen-bond acceptors (Lipinski definition) is 5. The fourth-order valence-corrected chi connectivity index (χ4v) is 3.13. The topological polar surface area (TPSA) is 76.0 Å². The van der Waals surface area contributed by atoms with Gasteiger partial charge in [-0.1, -0.05) is 0 Å². The lowest BCUT2D eigenvalue weighted by atomic mass is 10.4. The number of nitrogens with zero attached hydrogens (tertiary/aromatic N) is 2. The first kappa shape index (κ1) is 14.2. The molecule has 19 heavy (non-hydrogen) atoms. The summed E-state index contributed by atoms with van der Waals surface area (Å²) in [6.07, 6.45) is 2.90. The molecule has 8 heteroatoms. The van der Waals surface area contributed by atoms with Crippen LogP contribution in [0.4, 0.5) is 0 Å². The Morgan fingerprint density at radius 1 is 1.47 bits per heavy atom. The van der Waals surface area contributed by atoms with Gasteiger partial charge in [-0.2, -0.15) is 16.4 Å². The molecule has 0 aliphatic carbocycles. The number of nitrogens with one attached hydrogen (secondary N) is 2. The van der Waals surface area contributed by atoms with Crippen LogP contribution in [0.15, 0.2) is 34.1 Å². The Hall–Kier alpha value is -1.22. The summed E-state index contributed by atoms with van der Waals surface area (Å²) in [4.78, 5) is 0.193. The van der Waals surface area contributed by atoms with Gasteiger partial charge in [0.1, 0.15) is 4.90 Å². The normalized spacial score (nSPS) is 11.8. The summed E-state index contributed by atoms with van der Waals surface area (Å²) in [7, 11) is -1.65. The molecule has 6 nitrogen and oxygen atoms in total. The van der Waals surface area contributed by atoms with Gasteiger partial charge in [0.2, 0.25) is 10.0 Å². The third-order valence-electron chi connectivity index (χ3n) is 2.56. The van der Waals surface area contributed by atoms with Crippen LogP contribution in [0.5, 0.6) is 0 Å². The molecule has 0 aliphatic rings. The molecule has 0 aliphatic heterocycles. The molecule has 2 aromatic heterocycles. The third-order valence-corrected chi connectivity index (χ3v) is 4.65. The van der Waals surface area contributed by atoms with Crippen LogP contribution in [-0.4, -0.2) is 31.8 Å². The predicted molar refractivity (Wildman–Crippen MR) is 74.5 cm³/mol. The molecule has 0 spiro atoms. The van der Waals surface area contributed by atoms with Crippen LogP contribution in [0.25, 0.3) is 0 Å². The number of sulfonamides is 1. The van der Waals surface area contributed by atoms with Crippen molar-refractivity contribution in [3.63, 3.8) is 0 Å². The molecule has 0 aromatic carbocycles. The van der Waals surface area contributed by atoms with Crippen LogP contribution in [0, 0.1) is 0 Å². The molecule has 0 radical (unpaired) electrons. The predicted octanol–water partition coefficient (Wildman–Crippen LogP) is 0.642. The Labute approximate surface area is 116 Å². The van der Waals surface area contributed by atoms with Gasteiger partial charge in [0.15, 0.2) is 0 Å². The highest BCUT2D eigenvalue weighted by Gasteiger charge is 2.16. The summed E-state index contributed by atoms with van der Waals surface area (Å²) in [5.74, 6) is 0. The fraction of sp³-hybridized carbons (Fsp3) is 0.364. The molecule has 0 saturated heterocycles. The van der Waals surface area contributed by atoms with E-state index in [0.29, 0.717) is 13.1 Å². The summed E-state index contributed by atoms with van der Waals surface area (Å²) in [6, 6.07) is 1.89. The summed E-state index contributed by atoms with van der Waals surface area (Å²) >= 11 is 1.54. The maximum Gasteiger partial charge on any atom is 0.243 e. The lowest BCUT2D eigenvalue weighted by Gasteiger charge is -2.03. The maximum atomic E-state index is 12.0. The highest BCUT2D eigenvalue weighted by Crippen LogP contribution is 2.10. The Morgan fingerprint density at radius 2 is 2.32 bits per heavy atom. The van der Waals surface area contributed by atoms with Gasteiger partial charge in [0, 0.05) is 19.3 Å². The van der Waals surface area contributed by atoms with Gasteiger partial charge in [-0.05, 0) is 29.4 Å². The van der Waals surface area contributed by atoms with E-state index in [1.54, 1.807) is 16.0 Å². The van der Waals surface area contributed by atoms with Crippen molar-refractivity contribution < 1.29 is 8.42 Å². The summed E-state index contributed by atoms with van der Waals surface area (Å²) in [6.45, 7) is 1.67. The van der Waals surface area contributed by atoms with E-state index in [0.717, 1.165) is 12.1 Å². The molecule has 0 saturated carbocycles. The number of hydrogen-bond donors (Lipinski definition) is 2. The number of likely N-dealkylation sites (N-methyl/N-ethyl adjacent to an activating group) is 1. The largest absolute Gasteiger partial charge is 0.318 e. The highest BCUT2D eigenvalue weighted by atomic mass is 32.2. The Kier molecular flexibility index (Phi) is 4.70. The molecule has 2 rings (SSSR count). The van der Waals surface area contributed by atoms with Crippen LogP contribution in [-0.2, 0) is 23.1 Å². The molecular weight excluding hydrogens is 284 g/mol. The molecule has 0 unspecified atom stereocenters. The van der Waals surface area contributed by atoms with Crippen molar-refractivity contribution in [1.29, 1.82) is 0 Å². The van der Waals surface area contributed by atoms with Crippen LogP contribution >= 0.6 is 11.3 Å². The average Bonchev–Trinajstić information content (AvgIpc) is 3.05. The van der Waals surface area contributed by atoms with Crippen molar-refractivity contribution >= 4 is 21.4 Å². The van der Waals surface area contributed by atoms with E-state index >= 15 is 0 Å². The van der Waals surface area contributed by atoms with Crippen LogP contribution in [0.1, 0.15) is 5.56 Å². The highest BCUT2D eigenvalue weighted by molar-refractivity contribution is 7.89. The molecule has 2 N–H and O–H groups in total. The van der Waals surface area contributed by atoms with E-state index in [2.05, 4.69) is 15.1 Å². The fourth-order valence-electron chi connectivity index (χ4n) is 1.49. The van der Waals surface area contributed by atoms with Crippen molar-refractivity contribution in [3.8, 4) is 0 Å². The number of thiophene rings is 1. The minimum atomic E-state index is -3.49. The number of rotatable bonds is 7. The van der Waals surface area contributed by atoms with Gasteiger partial charge in [-0.25, -0.2) is 13.1 Å². The minimum absolute atomic E-state index is 0.193. The van der Waals surface area contributed by atoms with Gasteiger partial charge in [0.05, 0.1) is 12.7 Å². The molecule has 2 aromatic rings. The van der Waals surface area contributed by atoms with E-state index in [4.69, 9.17) is 0 Å². The number of aromatic nitrogens is 2. The van der Waals surface area contributed by atoms with Gasteiger partial charge < -0.3 is 5.32 Å². The average molecular weight is 300 g/mol. The molecule has 0 fully saturated rings. The Bertz CT molecular complexity index is 604. The maximum absolute atomic E-state index is 12.0. The quantitative estimate of drug-likeness (QED) is 0.787. The molecule has 0 atom stereocenters. The Morgan fingerprint density at radius 3 is 3.00 bits per heavy atom. The summed E-state index contributed by atoms with van der Waals surface area (Å²) in [5, 5.41) is 10.8. The van der Waals surface area contributed by atoms with Crippen LogP contribution < -0.4 is 10.0 Å². The molecule has 0 amide bonds. The second-order valence-corrected chi connectivity index (χ2v) is 6.55. The van der Waals surface area contributed by atoms with Crippen molar-refractivity contribution in [2.75, 3.05) is 13.6 Å². The molecular formula is C11H16N4O2S2. The molecule has 104 valence electrons. The van der Waals surface area contributed by atoms with E-state index in [-0.39, 0.29) is 4.90 Å². The first-order chi connectivity index (χ1) is 9.12. The van der Waals surface area contributed by atoms with Crippen molar-refractivity contribution in [1.82, 2.24) is 19.8 Å². The summed E-state index contributed by atoms with van der Waals surface area (Å²) in [5.41, 5.74) is 0.955. The smallest absolute Gasteiger partial charge is 0.243 e. The summed E-state index contributed by atoms with van der Waals surface area (Å²) < 4.78 is 28.2. The lowest BCUT2D eigenvalue weighted by Crippen LogP contribution is -2.22. The molecule has 0 bridgehead atoms. The second kappa shape index (κ2) is 6.29. The van der Waals surface area contributed by atoms with E-state index < -0.39 is 10.0 Å². The van der Waals surface area contributed by atoms with Crippen molar-refractivity contribution in [2.45, 2.75) is 18.0 Å². The van der Waals surface area contributed by atoms with Gasteiger partial charge in [-0.3, -0.25) is 4.68 Å². The Balaban J connectivity index is 2.00. The van der Waals surface area contributed by atoms with Gasteiger partial charge in [0.25, 0.3) is 0 Å². The van der Waals surface area contributed by atoms with E-state index in [9.17, 15) is 8.42 Å². The first-order valence-corrected chi connectivity index (χ1v) is 8.22. The van der Waals surface area contributed by atoms with Crippen LogP contribution in [0.3, 0.4) is 0 Å². The first-order valence-electron chi connectivity index (χ1n) is 5.79. The molecule has 2 heterocycles. The second-order valence-electron chi connectivity index (χ2n) is 4.00. The van der Waals surface area contributed by atoms with Crippen molar-refractivity contribution in [3.05, 3.63) is 34.8 Å². The lowest BCUT2D eigenvalue weighted by molar-refractivity contribution is 0.576. The zero-order valence-corrected chi connectivity index (χ0v) is 12.2. The van der Waals surface area contributed by atoms with Crippen LogP contribution in [0.2, 0.25) is 0 Å². The monoisotopic (exact) mass is 300 g/mol. The van der Waals surface area contributed by atoms with E-state index in [1.165, 1.54) is 12.4 Å². The standard InChI is InChI=1S/C11H16N4O2S2/c1-12-3-4-15-8-11(7-13-15)19(16,17)14-6-10-2-5-18-9-10/h2,5,7-9,12,14H,3-4,6H2,1H3. The third kappa shape index (κ3) is 3.87. The zero-order chi connectivity index (χ0) is 13.7. The van der Waals surface area contributed by atoms with Crippen molar-refractivity contribution in [2.24, 2.45) is 0 Å². The van der Waals surface area contributed by atoms with Gasteiger partial charge >= 0.3 is 0 Å². The van der Waals surface area contributed by atoms with Gasteiger partial charge in [-0.15, -0.1) is 0 Å². The van der Waals surface area contributed by atoms with E-state index in [1.807, 2.05) is 23.9 Å².